The number of anilines is 1. The summed E-state index contributed by atoms with van der Waals surface area (Å²) in [7, 11) is 0. The molecule has 1 aromatic heterocycles. The molecule has 1 amide bonds. The molecule has 31 heavy (non-hydrogen) atoms. The average molecular weight is 419 g/mol. The van der Waals surface area contributed by atoms with Crippen LogP contribution in [0.3, 0.4) is 0 Å². The molecule has 3 heterocycles. The van der Waals surface area contributed by atoms with Gasteiger partial charge in [0.05, 0.1) is 6.42 Å². The summed E-state index contributed by atoms with van der Waals surface area (Å²) in [5, 5.41) is 0. The minimum absolute atomic E-state index is 0.175. The summed E-state index contributed by atoms with van der Waals surface area (Å²) in [6.07, 6.45) is 10.2. The van der Waals surface area contributed by atoms with Gasteiger partial charge in [0, 0.05) is 36.3 Å². The van der Waals surface area contributed by atoms with Gasteiger partial charge in [-0.1, -0.05) is 43.2 Å². The Labute approximate surface area is 185 Å². The van der Waals surface area contributed by atoms with Crippen molar-refractivity contribution in [3.63, 3.8) is 0 Å². The zero-order valence-electron chi connectivity index (χ0n) is 18.7. The van der Waals surface area contributed by atoms with Crippen LogP contribution in [0.25, 0.3) is 0 Å². The minimum Gasteiger partial charge on any atom is -0.300 e. The molecule has 1 saturated heterocycles. The van der Waals surface area contributed by atoms with Crippen molar-refractivity contribution in [3.05, 3.63) is 53.0 Å². The molecule has 2 fully saturated rings. The number of likely N-dealkylation sites (tertiary alicyclic amines) is 1. The van der Waals surface area contributed by atoms with Crippen molar-refractivity contribution in [2.45, 2.75) is 76.7 Å². The number of fused-ring (bicyclic) bond motifs is 1. The van der Waals surface area contributed by atoms with E-state index in [9.17, 15) is 4.79 Å². The average Bonchev–Trinajstić information content (AvgIpc) is 3.44. The summed E-state index contributed by atoms with van der Waals surface area (Å²) < 4.78 is 0. The van der Waals surface area contributed by atoms with Crippen LogP contribution in [0.15, 0.2) is 30.3 Å². The van der Waals surface area contributed by atoms with E-state index in [1.54, 1.807) is 0 Å². The number of carbonyl (C=O) groups is 1. The van der Waals surface area contributed by atoms with Crippen molar-refractivity contribution in [2.75, 3.05) is 24.5 Å². The maximum Gasteiger partial charge on any atom is 0.232 e. The zero-order chi connectivity index (χ0) is 21.2. The van der Waals surface area contributed by atoms with Gasteiger partial charge in [0.1, 0.15) is 11.6 Å². The third-order valence-electron chi connectivity index (χ3n) is 7.44. The standard InChI is InChI=1S/C26H34N4O/c1-19-23-17-24(31)30(16-7-11-20-9-3-2-4-10-20)26(23)28-25(27-19)21-12-8-15-29(18-21)22-13-5-6-14-22/h2-4,9-10,21-22H,5-8,11-18H2,1H3/t21-/m0/s1. The number of aromatic nitrogens is 2. The van der Waals surface area contributed by atoms with E-state index in [4.69, 9.17) is 9.97 Å². The topological polar surface area (TPSA) is 49.3 Å². The zero-order valence-corrected chi connectivity index (χ0v) is 18.7. The Morgan fingerprint density at radius 1 is 1.03 bits per heavy atom. The third-order valence-corrected chi connectivity index (χ3v) is 7.44. The van der Waals surface area contributed by atoms with Crippen molar-refractivity contribution in [1.82, 2.24) is 14.9 Å². The van der Waals surface area contributed by atoms with Crippen molar-refractivity contribution in [2.24, 2.45) is 0 Å². The molecule has 2 aromatic rings. The number of hydrogen-bond donors (Lipinski definition) is 0. The second-order valence-electron chi connectivity index (χ2n) is 9.55. The third kappa shape index (κ3) is 4.38. The SMILES string of the molecule is Cc1nc([C@H]2CCCN(C3CCCC3)C2)nc2c1CC(=O)N2CCCc1ccccc1. The summed E-state index contributed by atoms with van der Waals surface area (Å²) in [5.41, 5.74) is 3.36. The largest absolute Gasteiger partial charge is 0.300 e. The van der Waals surface area contributed by atoms with Gasteiger partial charge >= 0.3 is 0 Å². The maximum atomic E-state index is 12.8. The first kappa shape index (κ1) is 20.6. The molecule has 5 nitrogen and oxygen atoms in total. The molecule has 0 bridgehead atoms. The van der Waals surface area contributed by atoms with Gasteiger partial charge in [-0.05, 0) is 57.6 Å². The molecule has 0 spiro atoms. The Bertz CT molecular complexity index is 923. The van der Waals surface area contributed by atoms with Gasteiger partial charge in [0.25, 0.3) is 0 Å². The van der Waals surface area contributed by atoms with E-state index in [0.29, 0.717) is 12.3 Å². The highest BCUT2D eigenvalue weighted by Crippen LogP contribution is 2.34. The van der Waals surface area contributed by atoms with Crippen LogP contribution < -0.4 is 4.90 Å². The van der Waals surface area contributed by atoms with Gasteiger partial charge in [-0.3, -0.25) is 14.6 Å². The number of hydrogen-bond acceptors (Lipinski definition) is 4. The lowest BCUT2D eigenvalue weighted by Crippen LogP contribution is -2.41. The molecule has 0 N–H and O–H groups in total. The second-order valence-corrected chi connectivity index (χ2v) is 9.55. The van der Waals surface area contributed by atoms with E-state index >= 15 is 0 Å². The van der Waals surface area contributed by atoms with Gasteiger partial charge in [0.15, 0.2) is 0 Å². The fraction of sp³-hybridized carbons (Fsp3) is 0.577. The van der Waals surface area contributed by atoms with E-state index < -0.39 is 0 Å². The van der Waals surface area contributed by atoms with Crippen LogP contribution >= 0.6 is 0 Å². The fourth-order valence-electron chi connectivity index (χ4n) is 5.71. The molecule has 0 unspecified atom stereocenters. The maximum absolute atomic E-state index is 12.8. The van der Waals surface area contributed by atoms with Crippen LogP contribution in [0.5, 0.6) is 0 Å². The second kappa shape index (κ2) is 9.07. The lowest BCUT2D eigenvalue weighted by atomic mass is 9.95. The van der Waals surface area contributed by atoms with Crippen molar-refractivity contribution < 1.29 is 4.79 Å². The number of piperidine rings is 1. The molecule has 1 aliphatic carbocycles. The summed E-state index contributed by atoms with van der Waals surface area (Å²) in [5.74, 6) is 2.41. The monoisotopic (exact) mass is 418 g/mol. The van der Waals surface area contributed by atoms with Crippen LogP contribution in [0.1, 0.15) is 73.5 Å². The van der Waals surface area contributed by atoms with E-state index in [0.717, 1.165) is 61.3 Å². The first-order valence-electron chi connectivity index (χ1n) is 12.1. The molecular formula is C26H34N4O. The van der Waals surface area contributed by atoms with Gasteiger partial charge in [-0.15, -0.1) is 0 Å². The normalized spacial score (nSPS) is 22.3. The van der Waals surface area contributed by atoms with Crippen LogP contribution in [0, 0.1) is 6.92 Å². The molecular weight excluding hydrogens is 384 g/mol. The Morgan fingerprint density at radius 3 is 2.65 bits per heavy atom. The number of benzene rings is 1. The summed E-state index contributed by atoms with van der Waals surface area (Å²) >= 11 is 0. The van der Waals surface area contributed by atoms with Gasteiger partial charge in [-0.25, -0.2) is 9.97 Å². The summed E-state index contributed by atoms with van der Waals surface area (Å²) in [4.78, 5) is 27.3. The molecule has 164 valence electrons. The van der Waals surface area contributed by atoms with Gasteiger partial charge in [0.2, 0.25) is 5.91 Å². The summed E-state index contributed by atoms with van der Waals surface area (Å²) in [6.45, 7) is 5.08. The molecule has 5 rings (SSSR count). The van der Waals surface area contributed by atoms with E-state index in [2.05, 4.69) is 36.1 Å². The van der Waals surface area contributed by atoms with Crippen LogP contribution in [-0.2, 0) is 17.6 Å². The molecule has 0 radical (unpaired) electrons. The summed E-state index contributed by atoms with van der Waals surface area (Å²) in [6, 6.07) is 11.3. The molecule has 3 aliphatic rings. The number of aryl methyl sites for hydroxylation is 2. The fourth-order valence-corrected chi connectivity index (χ4v) is 5.71. The van der Waals surface area contributed by atoms with Gasteiger partial charge < -0.3 is 0 Å². The number of carbonyl (C=O) groups excluding carboxylic acids is 1. The number of amides is 1. The molecule has 1 aromatic carbocycles. The van der Waals surface area contributed by atoms with Crippen LogP contribution in [0.2, 0.25) is 0 Å². The smallest absolute Gasteiger partial charge is 0.232 e. The van der Waals surface area contributed by atoms with E-state index in [-0.39, 0.29) is 5.91 Å². The predicted molar refractivity (Wildman–Crippen MR) is 123 cm³/mol. The number of nitrogens with zero attached hydrogens (tertiary/aromatic N) is 4. The molecule has 5 heteroatoms. The highest BCUT2D eigenvalue weighted by molar-refractivity contribution is 6.00. The van der Waals surface area contributed by atoms with E-state index in [1.807, 2.05) is 11.0 Å². The van der Waals surface area contributed by atoms with E-state index in [1.165, 1.54) is 44.2 Å². The van der Waals surface area contributed by atoms with Gasteiger partial charge in [-0.2, -0.15) is 0 Å². The Hall–Kier alpha value is -2.27. The Balaban J connectivity index is 1.31. The molecule has 2 aliphatic heterocycles. The first-order chi connectivity index (χ1) is 15.2. The highest BCUT2D eigenvalue weighted by Gasteiger charge is 2.34. The number of rotatable bonds is 6. The lowest BCUT2D eigenvalue weighted by Gasteiger charge is -2.36. The predicted octanol–water partition coefficient (Wildman–Crippen LogP) is 4.43. The Morgan fingerprint density at radius 2 is 1.84 bits per heavy atom. The van der Waals surface area contributed by atoms with Crippen molar-refractivity contribution in [1.29, 1.82) is 0 Å². The highest BCUT2D eigenvalue weighted by atomic mass is 16.2. The first-order valence-corrected chi connectivity index (χ1v) is 12.1. The van der Waals surface area contributed by atoms with Crippen molar-refractivity contribution >= 4 is 11.7 Å². The van der Waals surface area contributed by atoms with Crippen molar-refractivity contribution in [3.8, 4) is 0 Å². The Kier molecular flexibility index (Phi) is 6.04. The minimum atomic E-state index is 0.175. The van der Waals surface area contributed by atoms with Crippen LogP contribution in [0.4, 0.5) is 5.82 Å². The molecule has 1 saturated carbocycles. The lowest BCUT2D eigenvalue weighted by molar-refractivity contribution is -0.117. The molecule has 1 atom stereocenters. The quantitative estimate of drug-likeness (QED) is 0.696. The van der Waals surface area contributed by atoms with Crippen LogP contribution in [-0.4, -0.2) is 46.5 Å².